The molecule has 8 heteroatoms. The number of oxazole rings is 1. The molecule has 23 heavy (non-hydrogen) atoms. The molecule has 0 saturated carbocycles. The van der Waals surface area contributed by atoms with Crippen LogP contribution in [0.1, 0.15) is 11.3 Å². The molecule has 0 saturated heterocycles. The Balaban J connectivity index is 1.73. The average molecular weight is 369 g/mol. The third-order valence-corrected chi connectivity index (χ3v) is 5.84. The summed E-state index contributed by atoms with van der Waals surface area (Å²) in [6, 6.07) is 8.40. The minimum absolute atomic E-state index is 0.0443. The molecular weight excluding hydrogens is 356 g/mol. The lowest BCUT2D eigenvalue weighted by atomic mass is 10.2. The molecule has 0 amide bonds. The van der Waals surface area contributed by atoms with Crippen LogP contribution >= 0.6 is 22.9 Å². The Morgan fingerprint density at radius 3 is 2.87 bits per heavy atom. The van der Waals surface area contributed by atoms with Crippen LogP contribution in [0.15, 0.2) is 51.3 Å². The van der Waals surface area contributed by atoms with E-state index in [0.29, 0.717) is 16.6 Å². The zero-order chi connectivity index (χ0) is 16.4. The first-order valence-electron chi connectivity index (χ1n) is 6.70. The van der Waals surface area contributed by atoms with Crippen LogP contribution in [-0.4, -0.2) is 13.4 Å². The monoisotopic (exact) mass is 368 g/mol. The highest BCUT2D eigenvalue weighted by Gasteiger charge is 2.16. The van der Waals surface area contributed by atoms with Gasteiger partial charge in [0.1, 0.15) is 6.26 Å². The zero-order valence-electron chi connectivity index (χ0n) is 12.1. The second kappa shape index (κ2) is 6.45. The average Bonchev–Trinajstić information content (AvgIpc) is 3.18. The van der Waals surface area contributed by atoms with Gasteiger partial charge in [0.2, 0.25) is 15.9 Å². The van der Waals surface area contributed by atoms with Gasteiger partial charge in [0.05, 0.1) is 22.0 Å². The van der Waals surface area contributed by atoms with Crippen molar-refractivity contribution in [3.8, 4) is 10.8 Å². The molecule has 3 aromatic rings. The Labute approximate surface area is 143 Å². The number of nitrogens with one attached hydrogen (secondary N) is 1. The Morgan fingerprint density at radius 1 is 1.35 bits per heavy atom. The van der Waals surface area contributed by atoms with Crippen molar-refractivity contribution in [3.05, 3.63) is 58.3 Å². The maximum absolute atomic E-state index is 12.3. The summed E-state index contributed by atoms with van der Waals surface area (Å²) in [4.78, 5) is 5.29. The number of nitrogens with zero attached hydrogens (tertiary/aromatic N) is 1. The Kier molecular flexibility index (Phi) is 4.54. The molecule has 0 aliphatic heterocycles. The van der Waals surface area contributed by atoms with Crippen molar-refractivity contribution in [3.63, 3.8) is 0 Å². The molecule has 3 rings (SSSR count). The van der Waals surface area contributed by atoms with Crippen molar-refractivity contribution in [2.24, 2.45) is 0 Å². The maximum atomic E-state index is 12.3. The fourth-order valence-electron chi connectivity index (χ4n) is 1.89. The van der Waals surface area contributed by atoms with E-state index in [4.69, 9.17) is 16.0 Å². The quantitative estimate of drug-likeness (QED) is 0.742. The minimum atomic E-state index is -3.66. The van der Waals surface area contributed by atoms with E-state index in [0.717, 1.165) is 10.4 Å². The molecule has 0 radical (unpaired) electrons. The fraction of sp³-hybridized carbons (Fsp3) is 0.133. The zero-order valence-corrected chi connectivity index (χ0v) is 14.5. The fourth-order valence-corrected chi connectivity index (χ4v) is 3.82. The van der Waals surface area contributed by atoms with Gasteiger partial charge in [-0.05, 0) is 36.1 Å². The van der Waals surface area contributed by atoms with Crippen LogP contribution in [0.25, 0.3) is 10.8 Å². The highest BCUT2D eigenvalue weighted by molar-refractivity contribution is 7.89. The first-order valence-corrected chi connectivity index (χ1v) is 9.44. The summed E-state index contributed by atoms with van der Waals surface area (Å²) >= 11 is 7.48. The van der Waals surface area contributed by atoms with Crippen molar-refractivity contribution < 1.29 is 12.8 Å². The normalized spacial score (nSPS) is 11.7. The number of aryl methyl sites for hydroxylation is 1. The first-order chi connectivity index (χ1) is 11.0. The third kappa shape index (κ3) is 3.64. The molecule has 2 heterocycles. The Bertz CT molecular complexity index is 918. The van der Waals surface area contributed by atoms with Crippen molar-refractivity contribution in [2.45, 2.75) is 18.4 Å². The molecule has 5 nitrogen and oxygen atoms in total. The molecule has 0 spiro atoms. The second-order valence-electron chi connectivity index (χ2n) is 4.86. The van der Waals surface area contributed by atoms with Crippen LogP contribution in [0.2, 0.25) is 5.02 Å². The molecule has 0 fully saturated rings. The van der Waals surface area contributed by atoms with Gasteiger partial charge in [-0.2, -0.15) is 0 Å². The summed E-state index contributed by atoms with van der Waals surface area (Å²) in [5.41, 5.74) is 1.33. The van der Waals surface area contributed by atoms with E-state index in [1.165, 1.54) is 29.7 Å². The number of rotatable bonds is 5. The lowest BCUT2D eigenvalue weighted by Crippen LogP contribution is -2.23. The molecular formula is C15H13ClN2O3S2. The summed E-state index contributed by atoms with van der Waals surface area (Å²) in [6.45, 7) is 1.86. The van der Waals surface area contributed by atoms with Gasteiger partial charge in [-0.3, -0.25) is 0 Å². The van der Waals surface area contributed by atoms with Crippen LogP contribution in [0.3, 0.4) is 0 Å². The smallest absolute Gasteiger partial charge is 0.240 e. The van der Waals surface area contributed by atoms with Crippen LogP contribution in [0.4, 0.5) is 0 Å². The van der Waals surface area contributed by atoms with E-state index in [2.05, 4.69) is 9.71 Å². The standard InChI is InChI=1S/C15H13ClN2O3S2/c1-10-4-5-12(7-13(10)16)23(19,20)17-8-11-9-21-15(18-11)14-3-2-6-22-14/h2-7,9,17H,8H2,1H3. The molecule has 0 unspecified atom stereocenters. The van der Waals surface area contributed by atoms with Gasteiger partial charge in [0, 0.05) is 5.02 Å². The van der Waals surface area contributed by atoms with Gasteiger partial charge in [0.15, 0.2) is 0 Å². The van der Waals surface area contributed by atoms with Gasteiger partial charge < -0.3 is 4.42 Å². The van der Waals surface area contributed by atoms with Crippen molar-refractivity contribution in [2.75, 3.05) is 0 Å². The molecule has 0 aliphatic rings. The molecule has 0 bridgehead atoms. The predicted octanol–water partition coefficient (Wildman–Crippen LogP) is 3.84. The lowest BCUT2D eigenvalue weighted by Gasteiger charge is -2.06. The number of sulfonamides is 1. The van der Waals surface area contributed by atoms with Gasteiger partial charge in [-0.25, -0.2) is 18.1 Å². The van der Waals surface area contributed by atoms with Crippen molar-refractivity contribution in [1.29, 1.82) is 0 Å². The minimum Gasteiger partial charge on any atom is -0.444 e. The van der Waals surface area contributed by atoms with Crippen LogP contribution in [0, 0.1) is 6.92 Å². The molecule has 0 atom stereocenters. The topological polar surface area (TPSA) is 72.2 Å². The predicted molar refractivity (Wildman–Crippen MR) is 90.0 cm³/mol. The lowest BCUT2D eigenvalue weighted by molar-refractivity contribution is 0.571. The summed E-state index contributed by atoms with van der Waals surface area (Å²) in [6.07, 6.45) is 1.44. The van der Waals surface area contributed by atoms with E-state index in [-0.39, 0.29) is 11.4 Å². The number of thiophene rings is 1. The summed E-state index contributed by atoms with van der Waals surface area (Å²) < 4.78 is 32.4. The SMILES string of the molecule is Cc1ccc(S(=O)(=O)NCc2coc(-c3cccs3)n2)cc1Cl. The number of halogens is 1. The van der Waals surface area contributed by atoms with E-state index in [9.17, 15) is 8.42 Å². The van der Waals surface area contributed by atoms with Gasteiger partial charge in [-0.15, -0.1) is 11.3 Å². The first kappa shape index (κ1) is 16.2. The molecule has 2 aromatic heterocycles. The highest BCUT2D eigenvalue weighted by Crippen LogP contribution is 2.24. The van der Waals surface area contributed by atoms with Crippen molar-refractivity contribution in [1.82, 2.24) is 9.71 Å². The summed E-state index contributed by atoms with van der Waals surface area (Å²) in [7, 11) is -3.66. The van der Waals surface area contributed by atoms with Crippen LogP contribution in [-0.2, 0) is 16.6 Å². The van der Waals surface area contributed by atoms with Crippen molar-refractivity contribution >= 4 is 33.0 Å². The highest BCUT2D eigenvalue weighted by atomic mass is 35.5. The number of hydrogen-bond donors (Lipinski definition) is 1. The van der Waals surface area contributed by atoms with Gasteiger partial charge in [0.25, 0.3) is 0 Å². The van der Waals surface area contributed by atoms with E-state index >= 15 is 0 Å². The summed E-state index contributed by atoms with van der Waals surface area (Å²) in [5, 5.41) is 2.33. The van der Waals surface area contributed by atoms with Crippen LogP contribution in [0.5, 0.6) is 0 Å². The second-order valence-corrected chi connectivity index (χ2v) is 7.98. The molecule has 0 aliphatic carbocycles. The molecule has 1 N–H and O–H groups in total. The number of aromatic nitrogens is 1. The van der Waals surface area contributed by atoms with Gasteiger partial charge >= 0.3 is 0 Å². The molecule has 120 valence electrons. The number of hydrogen-bond acceptors (Lipinski definition) is 5. The number of benzene rings is 1. The summed E-state index contributed by atoms with van der Waals surface area (Å²) in [5.74, 6) is 0.479. The Hall–Kier alpha value is -1.67. The van der Waals surface area contributed by atoms with E-state index in [1.54, 1.807) is 6.07 Å². The molecule has 1 aromatic carbocycles. The Morgan fingerprint density at radius 2 is 2.17 bits per heavy atom. The van der Waals surface area contributed by atoms with E-state index in [1.807, 2.05) is 24.4 Å². The van der Waals surface area contributed by atoms with Crippen LogP contribution < -0.4 is 4.72 Å². The largest absolute Gasteiger partial charge is 0.444 e. The van der Waals surface area contributed by atoms with Gasteiger partial charge in [-0.1, -0.05) is 23.7 Å². The van der Waals surface area contributed by atoms with E-state index < -0.39 is 10.0 Å². The maximum Gasteiger partial charge on any atom is 0.240 e. The third-order valence-electron chi connectivity index (χ3n) is 3.18.